The van der Waals surface area contributed by atoms with Gasteiger partial charge in [-0.15, -0.1) is 0 Å². The van der Waals surface area contributed by atoms with Crippen LogP contribution in [0.4, 0.5) is 0 Å². The standard InChI is InChI=1S/4C10H13.Sn/c4*1-10(2,3)9-7-5-4-6-8-9;/h4*4-8H,1H2,2-3H3;. The van der Waals surface area contributed by atoms with Crippen molar-refractivity contribution >= 4 is 23.9 Å². The third kappa shape index (κ3) is 16.6. The van der Waals surface area contributed by atoms with Crippen LogP contribution < -0.4 is 0 Å². The van der Waals surface area contributed by atoms with E-state index in [2.05, 4.69) is 132 Å². The summed E-state index contributed by atoms with van der Waals surface area (Å²) in [4.78, 5) is 0. The van der Waals surface area contributed by atoms with Crippen LogP contribution >= 0.6 is 0 Å². The molecule has 0 aliphatic rings. The second-order valence-electron chi connectivity index (χ2n) is 13.0. The number of hydrogen-bond donors (Lipinski definition) is 0. The molecule has 0 saturated carbocycles. The van der Waals surface area contributed by atoms with E-state index in [1.54, 1.807) is 0 Å². The van der Waals surface area contributed by atoms with Gasteiger partial charge in [0, 0.05) is 23.9 Å². The van der Waals surface area contributed by atoms with E-state index in [4.69, 9.17) is 0 Å². The maximum atomic E-state index is 4.04. The minimum absolute atomic E-state index is 0. The van der Waals surface area contributed by atoms with Crippen molar-refractivity contribution in [3.05, 3.63) is 171 Å². The zero-order valence-corrected chi connectivity index (χ0v) is 29.7. The molecule has 8 radical (unpaired) electrons. The smallest absolute Gasteiger partial charge is 0 e. The molecule has 0 nitrogen and oxygen atoms in total. The van der Waals surface area contributed by atoms with Gasteiger partial charge in [0.1, 0.15) is 0 Å². The first-order valence-corrected chi connectivity index (χ1v) is 14.1. The molecule has 4 rings (SSSR count). The Balaban J connectivity index is 0.000000516. The second kappa shape index (κ2) is 17.6. The van der Waals surface area contributed by atoms with Crippen LogP contribution in [0.25, 0.3) is 0 Å². The minimum Gasteiger partial charge on any atom is -0.0622 e. The van der Waals surface area contributed by atoms with Gasteiger partial charge in [0.05, 0.1) is 0 Å². The van der Waals surface area contributed by atoms with E-state index in [1.165, 1.54) is 22.3 Å². The molecule has 0 atom stereocenters. The van der Waals surface area contributed by atoms with Gasteiger partial charge in [0.25, 0.3) is 0 Å². The molecule has 4 aromatic rings. The maximum Gasteiger partial charge on any atom is 0 e. The summed E-state index contributed by atoms with van der Waals surface area (Å²) in [6, 6.07) is 41.3. The van der Waals surface area contributed by atoms with E-state index in [-0.39, 0.29) is 45.6 Å². The summed E-state index contributed by atoms with van der Waals surface area (Å²) >= 11 is 0. The molecule has 0 amide bonds. The van der Waals surface area contributed by atoms with E-state index < -0.39 is 0 Å². The van der Waals surface area contributed by atoms with Crippen molar-refractivity contribution in [2.75, 3.05) is 0 Å². The molecule has 1 heteroatoms. The quantitative estimate of drug-likeness (QED) is 0.193. The second-order valence-corrected chi connectivity index (χ2v) is 13.0. The van der Waals surface area contributed by atoms with Gasteiger partial charge >= 0.3 is 0 Å². The molecule has 0 spiro atoms. The molecule has 4 aromatic carbocycles. The minimum atomic E-state index is 0. The van der Waals surface area contributed by atoms with Crippen LogP contribution in [0.15, 0.2) is 121 Å². The van der Waals surface area contributed by atoms with Crippen LogP contribution in [0, 0.1) is 27.7 Å². The Bertz CT molecular complexity index is 969. The Morgan fingerprint density at radius 2 is 0.415 bits per heavy atom. The molecule has 41 heavy (non-hydrogen) atoms. The van der Waals surface area contributed by atoms with Gasteiger partial charge in [0.2, 0.25) is 0 Å². The average Bonchev–Trinajstić information content (AvgIpc) is 2.90. The molecule has 0 N–H and O–H groups in total. The maximum absolute atomic E-state index is 4.04. The van der Waals surface area contributed by atoms with E-state index in [0.717, 1.165) is 0 Å². The van der Waals surface area contributed by atoms with Crippen molar-refractivity contribution < 1.29 is 0 Å². The topological polar surface area (TPSA) is 0 Å². The Labute approximate surface area is 271 Å². The molecule has 0 fully saturated rings. The molecular formula is C40H52Sn. The van der Waals surface area contributed by atoms with Crippen LogP contribution in [0.1, 0.15) is 77.6 Å². The Morgan fingerprint density at radius 3 is 0.488 bits per heavy atom. The van der Waals surface area contributed by atoms with Crippen LogP contribution in [0.5, 0.6) is 0 Å². The third-order valence-corrected chi connectivity index (χ3v) is 6.22. The zero-order chi connectivity index (χ0) is 30.5. The van der Waals surface area contributed by atoms with Crippen molar-refractivity contribution in [2.45, 2.75) is 77.0 Å². The van der Waals surface area contributed by atoms with Gasteiger partial charge in [0.15, 0.2) is 0 Å². The van der Waals surface area contributed by atoms with Gasteiger partial charge in [-0.2, -0.15) is 0 Å². The monoisotopic (exact) mass is 652 g/mol. The largest absolute Gasteiger partial charge is 0.0622 e. The fourth-order valence-electron chi connectivity index (χ4n) is 3.56. The van der Waals surface area contributed by atoms with Crippen LogP contribution in [-0.2, 0) is 21.7 Å². The van der Waals surface area contributed by atoms with E-state index >= 15 is 0 Å². The van der Waals surface area contributed by atoms with Gasteiger partial charge in [-0.25, -0.2) is 0 Å². The van der Waals surface area contributed by atoms with Crippen molar-refractivity contribution in [3.63, 3.8) is 0 Å². The summed E-state index contributed by atoms with van der Waals surface area (Å²) in [5.74, 6) is 0. The van der Waals surface area contributed by atoms with Gasteiger partial charge in [-0.3, -0.25) is 0 Å². The summed E-state index contributed by atoms with van der Waals surface area (Å²) in [7, 11) is 0. The van der Waals surface area contributed by atoms with Gasteiger partial charge in [-0.05, 0) is 71.6 Å². The Hall–Kier alpha value is -2.32. The average molecular weight is 652 g/mol. The summed E-state index contributed by atoms with van der Waals surface area (Å²) in [5.41, 5.74) is 5.32. The summed E-state index contributed by atoms with van der Waals surface area (Å²) in [6.45, 7) is 33.1. The fraction of sp³-hybridized carbons (Fsp3) is 0.300. The number of hydrogen-bond acceptors (Lipinski definition) is 0. The van der Waals surface area contributed by atoms with Crippen LogP contribution in [0.3, 0.4) is 0 Å². The summed E-state index contributed by atoms with van der Waals surface area (Å²) < 4.78 is 0. The van der Waals surface area contributed by atoms with Crippen molar-refractivity contribution in [2.24, 2.45) is 0 Å². The predicted molar refractivity (Wildman–Crippen MR) is 185 cm³/mol. The Kier molecular flexibility index (Phi) is 16.6. The molecule has 216 valence electrons. The molecule has 0 unspecified atom stereocenters. The zero-order valence-electron chi connectivity index (χ0n) is 26.9. The molecule has 0 bridgehead atoms. The third-order valence-electron chi connectivity index (χ3n) is 6.22. The first-order valence-electron chi connectivity index (χ1n) is 14.1. The van der Waals surface area contributed by atoms with Gasteiger partial charge < -0.3 is 0 Å². The summed E-state index contributed by atoms with van der Waals surface area (Å²) in [6.07, 6.45) is 0. The van der Waals surface area contributed by atoms with E-state index in [1.807, 2.05) is 72.8 Å². The first-order chi connectivity index (χ1) is 18.4. The fourth-order valence-corrected chi connectivity index (χ4v) is 3.56. The van der Waals surface area contributed by atoms with Gasteiger partial charge in [-0.1, -0.05) is 177 Å². The normalized spacial score (nSPS) is 11.2. The van der Waals surface area contributed by atoms with Crippen LogP contribution in [-0.4, -0.2) is 23.9 Å². The molecule has 0 aromatic heterocycles. The molecule has 0 saturated heterocycles. The van der Waals surface area contributed by atoms with Crippen LogP contribution in [0.2, 0.25) is 0 Å². The molecular weight excluding hydrogens is 599 g/mol. The molecule has 0 aliphatic heterocycles. The summed E-state index contributed by atoms with van der Waals surface area (Å²) in [5, 5.41) is 0. The molecule has 0 aliphatic carbocycles. The molecule has 0 heterocycles. The number of benzene rings is 4. The van der Waals surface area contributed by atoms with E-state index in [0.29, 0.717) is 0 Å². The van der Waals surface area contributed by atoms with E-state index in [9.17, 15) is 0 Å². The van der Waals surface area contributed by atoms with Crippen molar-refractivity contribution in [1.29, 1.82) is 0 Å². The van der Waals surface area contributed by atoms with Crippen molar-refractivity contribution in [3.8, 4) is 0 Å². The van der Waals surface area contributed by atoms with Crippen molar-refractivity contribution in [1.82, 2.24) is 0 Å². The SMILES string of the molecule is [CH2]C(C)(C)c1ccccc1.[CH2]C(C)(C)c1ccccc1.[CH2]C(C)(C)c1ccccc1.[CH2]C(C)(C)c1ccccc1.[Sn]. The first kappa shape index (κ1) is 38.7. The number of rotatable bonds is 4. The Morgan fingerprint density at radius 1 is 0.293 bits per heavy atom. The predicted octanol–water partition coefficient (Wildman–Crippen LogP) is 10.8.